The molecule has 2 heterocycles. The van der Waals surface area contributed by atoms with Gasteiger partial charge in [-0.25, -0.2) is 0 Å². The fourth-order valence-corrected chi connectivity index (χ4v) is 2.91. The van der Waals surface area contributed by atoms with Crippen LogP contribution in [0.15, 0.2) is 54.8 Å². The van der Waals surface area contributed by atoms with Gasteiger partial charge in [-0.2, -0.15) is 0 Å². The molecule has 1 aliphatic heterocycles. The number of para-hydroxylation sites is 1. The molecule has 18 heavy (non-hydrogen) atoms. The van der Waals surface area contributed by atoms with Crippen molar-refractivity contribution in [2.24, 2.45) is 0 Å². The Kier molecular flexibility index (Phi) is 1.84. The van der Waals surface area contributed by atoms with Crippen LogP contribution >= 0.6 is 0 Å². The quantitative estimate of drug-likeness (QED) is 0.736. The van der Waals surface area contributed by atoms with Gasteiger partial charge in [-0.1, -0.05) is 30.4 Å². The summed E-state index contributed by atoms with van der Waals surface area (Å²) >= 11 is 0. The number of aromatic amines is 1. The normalized spacial score (nSPS) is 24.4. The molecule has 0 saturated heterocycles. The van der Waals surface area contributed by atoms with E-state index in [2.05, 4.69) is 53.6 Å². The third-order valence-corrected chi connectivity index (χ3v) is 3.70. The first kappa shape index (κ1) is 9.77. The Balaban J connectivity index is 2.06. The number of fused-ring (bicyclic) bond motifs is 4. The molecule has 1 aliphatic carbocycles. The summed E-state index contributed by atoms with van der Waals surface area (Å²) in [4.78, 5) is 3.46. The number of benzene rings is 1. The SMILES string of the molecule is C1=COC2(C=C1)CC=Cc1[nH]c3ccccc3c12. The van der Waals surface area contributed by atoms with E-state index in [0.29, 0.717) is 0 Å². The van der Waals surface area contributed by atoms with Crippen LogP contribution in [-0.4, -0.2) is 4.98 Å². The highest BCUT2D eigenvalue weighted by Gasteiger charge is 2.37. The number of H-pyrrole nitrogens is 1. The molecule has 1 N–H and O–H groups in total. The summed E-state index contributed by atoms with van der Waals surface area (Å²) < 4.78 is 5.96. The van der Waals surface area contributed by atoms with Gasteiger partial charge in [0.15, 0.2) is 5.60 Å². The van der Waals surface area contributed by atoms with Crippen LogP contribution in [0.25, 0.3) is 17.0 Å². The molecule has 1 atom stereocenters. The molecule has 88 valence electrons. The van der Waals surface area contributed by atoms with Crippen LogP contribution in [0, 0.1) is 0 Å². The minimum Gasteiger partial charge on any atom is -0.486 e. The average molecular weight is 235 g/mol. The third-order valence-electron chi connectivity index (χ3n) is 3.70. The van der Waals surface area contributed by atoms with Crippen molar-refractivity contribution in [1.29, 1.82) is 0 Å². The number of ether oxygens (including phenoxy) is 1. The Morgan fingerprint density at radius 1 is 1.17 bits per heavy atom. The van der Waals surface area contributed by atoms with E-state index in [1.54, 1.807) is 6.26 Å². The number of allylic oxidation sites excluding steroid dienone is 2. The van der Waals surface area contributed by atoms with E-state index in [1.807, 2.05) is 6.08 Å². The van der Waals surface area contributed by atoms with Crippen molar-refractivity contribution < 1.29 is 4.74 Å². The Bertz CT molecular complexity index is 705. The second kappa shape index (κ2) is 3.39. The van der Waals surface area contributed by atoms with Gasteiger partial charge in [0.05, 0.1) is 6.26 Å². The minimum absolute atomic E-state index is 0.335. The van der Waals surface area contributed by atoms with Crippen LogP contribution < -0.4 is 0 Å². The van der Waals surface area contributed by atoms with Gasteiger partial charge in [-0.3, -0.25) is 0 Å². The topological polar surface area (TPSA) is 25.0 Å². The van der Waals surface area contributed by atoms with Crippen molar-refractivity contribution in [3.8, 4) is 0 Å². The van der Waals surface area contributed by atoms with Crippen molar-refractivity contribution in [2.45, 2.75) is 12.0 Å². The molecule has 2 nitrogen and oxygen atoms in total. The number of nitrogens with one attached hydrogen (secondary N) is 1. The van der Waals surface area contributed by atoms with Crippen LogP contribution in [-0.2, 0) is 10.3 Å². The van der Waals surface area contributed by atoms with E-state index in [0.717, 1.165) is 12.1 Å². The maximum Gasteiger partial charge on any atom is 0.158 e. The molecule has 1 aromatic carbocycles. The molecule has 1 aromatic heterocycles. The van der Waals surface area contributed by atoms with Crippen LogP contribution in [0.3, 0.4) is 0 Å². The lowest BCUT2D eigenvalue weighted by Gasteiger charge is -2.33. The molecule has 2 aromatic rings. The van der Waals surface area contributed by atoms with Gasteiger partial charge in [0, 0.05) is 28.6 Å². The first-order valence-electron chi connectivity index (χ1n) is 6.19. The number of rotatable bonds is 0. The number of hydrogen-bond donors (Lipinski definition) is 1. The second-order valence-corrected chi connectivity index (χ2v) is 4.76. The highest BCUT2D eigenvalue weighted by Crippen LogP contribution is 2.43. The predicted molar refractivity (Wildman–Crippen MR) is 73.0 cm³/mol. The van der Waals surface area contributed by atoms with Crippen LogP contribution in [0.2, 0.25) is 0 Å². The summed E-state index contributed by atoms with van der Waals surface area (Å²) in [6.07, 6.45) is 13.1. The van der Waals surface area contributed by atoms with Crippen molar-refractivity contribution in [2.75, 3.05) is 0 Å². The van der Waals surface area contributed by atoms with Crippen LogP contribution in [0.4, 0.5) is 0 Å². The van der Waals surface area contributed by atoms with E-state index >= 15 is 0 Å². The first-order valence-corrected chi connectivity index (χ1v) is 6.19. The molecule has 2 aliphatic rings. The second-order valence-electron chi connectivity index (χ2n) is 4.76. The van der Waals surface area contributed by atoms with Crippen molar-refractivity contribution in [3.63, 3.8) is 0 Å². The molecule has 1 spiro atoms. The zero-order valence-corrected chi connectivity index (χ0v) is 9.89. The molecule has 1 unspecified atom stereocenters. The first-order chi connectivity index (χ1) is 8.89. The molecule has 0 radical (unpaired) electrons. The highest BCUT2D eigenvalue weighted by atomic mass is 16.5. The van der Waals surface area contributed by atoms with Gasteiger partial charge >= 0.3 is 0 Å². The lowest BCUT2D eigenvalue weighted by Crippen LogP contribution is -2.28. The molecular formula is C16H13NO. The summed E-state index contributed by atoms with van der Waals surface area (Å²) in [5.74, 6) is 0. The van der Waals surface area contributed by atoms with Gasteiger partial charge in [0.1, 0.15) is 0 Å². The maximum atomic E-state index is 5.96. The van der Waals surface area contributed by atoms with Gasteiger partial charge < -0.3 is 9.72 Å². The third kappa shape index (κ3) is 1.17. The standard InChI is InChI=1S/C16H13NO/c1-2-7-13-12(6-1)15-14(17-13)8-5-10-16(15)9-3-4-11-18-16/h1-9,11,17H,10H2. The van der Waals surface area contributed by atoms with E-state index < -0.39 is 0 Å². The summed E-state index contributed by atoms with van der Waals surface area (Å²) in [6, 6.07) is 8.39. The summed E-state index contributed by atoms with van der Waals surface area (Å²) in [5, 5.41) is 1.25. The smallest absolute Gasteiger partial charge is 0.158 e. The van der Waals surface area contributed by atoms with Gasteiger partial charge in [-0.05, 0) is 24.3 Å². The van der Waals surface area contributed by atoms with E-state index in [1.165, 1.54) is 16.5 Å². The lowest BCUT2D eigenvalue weighted by atomic mass is 9.83. The Morgan fingerprint density at radius 2 is 2.11 bits per heavy atom. The Labute approximate surface area is 105 Å². The molecule has 4 rings (SSSR count). The van der Waals surface area contributed by atoms with Gasteiger partial charge in [-0.15, -0.1) is 0 Å². The summed E-state index contributed by atoms with van der Waals surface area (Å²) in [6.45, 7) is 0. The Hall–Kier alpha value is -2.22. The van der Waals surface area contributed by atoms with Crippen molar-refractivity contribution in [1.82, 2.24) is 4.98 Å². The number of hydrogen-bond acceptors (Lipinski definition) is 1. The molecule has 2 heteroatoms. The van der Waals surface area contributed by atoms with E-state index in [4.69, 9.17) is 4.74 Å². The maximum absolute atomic E-state index is 5.96. The predicted octanol–water partition coefficient (Wildman–Crippen LogP) is 3.88. The van der Waals surface area contributed by atoms with E-state index in [-0.39, 0.29) is 5.60 Å². The van der Waals surface area contributed by atoms with E-state index in [9.17, 15) is 0 Å². The summed E-state index contributed by atoms with van der Waals surface area (Å²) in [7, 11) is 0. The van der Waals surface area contributed by atoms with Gasteiger partial charge in [0.2, 0.25) is 0 Å². The van der Waals surface area contributed by atoms with Gasteiger partial charge in [0.25, 0.3) is 0 Å². The van der Waals surface area contributed by atoms with Crippen molar-refractivity contribution in [3.05, 3.63) is 66.1 Å². The Morgan fingerprint density at radius 3 is 3.00 bits per heavy atom. The zero-order valence-electron chi connectivity index (χ0n) is 9.89. The fraction of sp³-hybridized carbons (Fsp3) is 0.125. The van der Waals surface area contributed by atoms with Crippen molar-refractivity contribution >= 4 is 17.0 Å². The summed E-state index contributed by atoms with van der Waals surface area (Å²) in [5.41, 5.74) is 3.24. The molecule has 0 saturated carbocycles. The molecule has 0 bridgehead atoms. The largest absolute Gasteiger partial charge is 0.486 e. The molecule has 0 fully saturated rings. The monoisotopic (exact) mass is 235 g/mol. The number of aromatic nitrogens is 1. The molecule has 0 amide bonds. The average Bonchev–Trinajstić information content (AvgIpc) is 2.79. The minimum atomic E-state index is -0.335. The highest BCUT2D eigenvalue weighted by molar-refractivity contribution is 5.89. The lowest BCUT2D eigenvalue weighted by molar-refractivity contribution is 0.0655. The van der Waals surface area contributed by atoms with Crippen LogP contribution in [0.1, 0.15) is 17.7 Å². The zero-order chi connectivity index (χ0) is 12.0. The fourth-order valence-electron chi connectivity index (χ4n) is 2.91. The molecular weight excluding hydrogens is 222 g/mol. The van der Waals surface area contributed by atoms with Crippen LogP contribution in [0.5, 0.6) is 0 Å².